The predicted octanol–water partition coefficient (Wildman–Crippen LogP) is 4.67. The van der Waals surface area contributed by atoms with Gasteiger partial charge >= 0.3 is 5.97 Å². The summed E-state index contributed by atoms with van der Waals surface area (Å²) in [6, 6.07) is 18.7. The average molecular weight is 391 g/mol. The van der Waals surface area contributed by atoms with E-state index in [0.29, 0.717) is 17.7 Å². The maximum Gasteiger partial charge on any atom is 0.338 e. The standard InChI is InChI=1S/C24H25NO4/c1-16-14-22(17(2)25(16)21-8-6-5-7-9-21)23(26)18(3)29-24(27)20-12-10-19(11-13-20)15-28-4/h5-14,18H,15H2,1-4H3/t18-/m0/s1. The molecule has 0 amide bonds. The highest BCUT2D eigenvalue weighted by molar-refractivity contribution is 6.02. The maximum absolute atomic E-state index is 13.0. The minimum atomic E-state index is -0.883. The van der Waals surface area contributed by atoms with Crippen molar-refractivity contribution in [3.63, 3.8) is 0 Å². The molecular weight excluding hydrogens is 366 g/mol. The highest BCUT2D eigenvalue weighted by Crippen LogP contribution is 2.22. The molecule has 0 N–H and O–H groups in total. The molecule has 1 heterocycles. The molecule has 0 aliphatic rings. The number of methoxy groups -OCH3 is 1. The summed E-state index contributed by atoms with van der Waals surface area (Å²) in [6.07, 6.45) is -0.883. The van der Waals surface area contributed by atoms with E-state index < -0.39 is 12.1 Å². The SMILES string of the molecule is COCc1ccc(C(=O)O[C@@H](C)C(=O)c2cc(C)n(-c3ccccc3)c2C)cc1. The third-order valence-electron chi connectivity index (χ3n) is 4.86. The number of para-hydroxylation sites is 1. The molecular formula is C24H25NO4. The number of hydrogen-bond donors (Lipinski definition) is 0. The lowest BCUT2D eigenvalue weighted by atomic mass is 10.1. The summed E-state index contributed by atoms with van der Waals surface area (Å²) in [5.74, 6) is -0.740. The van der Waals surface area contributed by atoms with E-state index in [1.165, 1.54) is 0 Å². The van der Waals surface area contributed by atoms with Crippen molar-refractivity contribution in [1.29, 1.82) is 0 Å². The van der Waals surface area contributed by atoms with Gasteiger partial charge in [-0.2, -0.15) is 0 Å². The van der Waals surface area contributed by atoms with Crippen molar-refractivity contribution < 1.29 is 19.1 Å². The van der Waals surface area contributed by atoms with E-state index in [2.05, 4.69) is 0 Å². The van der Waals surface area contributed by atoms with Crippen LogP contribution in [0.2, 0.25) is 0 Å². The van der Waals surface area contributed by atoms with Crippen molar-refractivity contribution in [3.05, 3.63) is 88.7 Å². The molecule has 150 valence electrons. The third-order valence-corrected chi connectivity index (χ3v) is 4.86. The molecule has 5 nitrogen and oxygen atoms in total. The number of Topliss-reactive ketones (excluding diaryl/α,β-unsaturated/α-hetero) is 1. The molecule has 0 aliphatic heterocycles. The van der Waals surface area contributed by atoms with Gasteiger partial charge in [0.05, 0.1) is 12.2 Å². The second kappa shape index (κ2) is 8.88. The van der Waals surface area contributed by atoms with E-state index in [9.17, 15) is 9.59 Å². The first-order valence-electron chi connectivity index (χ1n) is 9.49. The van der Waals surface area contributed by atoms with E-state index >= 15 is 0 Å². The highest BCUT2D eigenvalue weighted by Gasteiger charge is 2.24. The zero-order valence-electron chi connectivity index (χ0n) is 17.1. The number of nitrogens with zero attached hydrogens (tertiary/aromatic N) is 1. The Morgan fingerprint density at radius 2 is 1.66 bits per heavy atom. The molecule has 2 aromatic carbocycles. The summed E-state index contributed by atoms with van der Waals surface area (Å²) in [4.78, 5) is 25.4. The van der Waals surface area contributed by atoms with E-state index in [4.69, 9.17) is 9.47 Å². The van der Waals surface area contributed by atoms with Crippen LogP contribution in [0.15, 0.2) is 60.7 Å². The second-order valence-electron chi connectivity index (χ2n) is 7.00. The number of rotatable bonds is 7. The van der Waals surface area contributed by atoms with Crippen LogP contribution >= 0.6 is 0 Å². The van der Waals surface area contributed by atoms with Crippen molar-refractivity contribution in [2.24, 2.45) is 0 Å². The largest absolute Gasteiger partial charge is 0.451 e. The fraction of sp³-hybridized carbons (Fsp3) is 0.250. The molecule has 3 aromatic rings. The zero-order chi connectivity index (χ0) is 21.0. The molecule has 0 fully saturated rings. The highest BCUT2D eigenvalue weighted by atomic mass is 16.5. The van der Waals surface area contributed by atoms with Crippen LogP contribution in [0.5, 0.6) is 0 Å². The van der Waals surface area contributed by atoms with Gasteiger partial charge in [0, 0.05) is 29.7 Å². The van der Waals surface area contributed by atoms with Gasteiger partial charge in [0.25, 0.3) is 0 Å². The summed E-state index contributed by atoms with van der Waals surface area (Å²) in [5, 5.41) is 0. The maximum atomic E-state index is 13.0. The Balaban J connectivity index is 1.76. The molecule has 0 radical (unpaired) electrons. The fourth-order valence-electron chi connectivity index (χ4n) is 3.39. The fourth-order valence-corrected chi connectivity index (χ4v) is 3.39. The molecule has 3 rings (SSSR count). The molecule has 0 saturated carbocycles. The molecule has 0 saturated heterocycles. The van der Waals surface area contributed by atoms with E-state index in [0.717, 1.165) is 22.6 Å². The third kappa shape index (κ3) is 4.46. The minimum Gasteiger partial charge on any atom is -0.451 e. The van der Waals surface area contributed by atoms with Crippen LogP contribution in [0, 0.1) is 13.8 Å². The Kier molecular flexibility index (Phi) is 6.29. The minimum absolute atomic E-state index is 0.218. The Labute approximate surface area is 170 Å². The van der Waals surface area contributed by atoms with E-state index in [-0.39, 0.29) is 5.78 Å². The molecule has 1 aromatic heterocycles. The Hall–Kier alpha value is -3.18. The van der Waals surface area contributed by atoms with Crippen molar-refractivity contribution in [3.8, 4) is 5.69 Å². The molecule has 1 atom stereocenters. The van der Waals surface area contributed by atoms with Gasteiger partial charge in [-0.05, 0) is 56.7 Å². The van der Waals surface area contributed by atoms with Gasteiger partial charge in [-0.25, -0.2) is 4.79 Å². The molecule has 29 heavy (non-hydrogen) atoms. The number of benzene rings is 2. The van der Waals surface area contributed by atoms with Crippen LogP contribution in [0.4, 0.5) is 0 Å². The lowest BCUT2D eigenvalue weighted by molar-refractivity contribution is 0.0318. The van der Waals surface area contributed by atoms with Gasteiger partial charge in [0.15, 0.2) is 6.10 Å². The predicted molar refractivity (Wildman–Crippen MR) is 112 cm³/mol. The number of esters is 1. The number of aromatic nitrogens is 1. The lowest BCUT2D eigenvalue weighted by Crippen LogP contribution is -2.25. The summed E-state index contributed by atoms with van der Waals surface area (Å²) < 4.78 is 12.5. The molecule has 0 bridgehead atoms. The summed E-state index contributed by atoms with van der Waals surface area (Å²) in [6.45, 7) is 5.93. The average Bonchev–Trinajstić information content (AvgIpc) is 3.02. The van der Waals surface area contributed by atoms with Crippen LogP contribution in [0.25, 0.3) is 5.69 Å². The second-order valence-corrected chi connectivity index (χ2v) is 7.00. The number of ether oxygens (including phenoxy) is 2. The van der Waals surface area contributed by atoms with Crippen LogP contribution < -0.4 is 0 Å². The molecule has 5 heteroatoms. The number of hydrogen-bond acceptors (Lipinski definition) is 4. The lowest BCUT2D eigenvalue weighted by Gasteiger charge is -2.13. The van der Waals surface area contributed by atoms with Gasteiger partial charge in [0.2, 0.25) is 5.78 Å². The quantitative estimate of drug-likeness (QED) is 0.434. The molecule has 0 spiro atoms. The van der Waals surface area contributed by atoms with Gasteiger partial charge in [-0.3, -0.25) is 4.79 Å². The first-order valence-corrected chi connectivity index (χ1v) is 9.49. The van der Waals surface area contributed by atoms with Crippen LogP contribution in [0.1, 0.15) is 44.6 Å². The van der Waals surface area contributed by atoms with Crippen LogP contribution in [0.3, 0.4) is 0 Å². The van der Waals surface area contributed by atoms with E-state index in [1.807, 2.05) is 54.8 Å². The molecule has 0 unspecified atom stereocenters. The van der Waals surface area contributed by atoms with Gasteiger partial charge in [0.1, 0.15) is 0 Å². The summed E-state index contributed by atoms with van der Waals surface area (Å²) in [5.41, 5.74) is 4.68. The van der Waals surface area contributed by atoms with Crippen molar-refractivity contribution in [2.45, 2.75) is 33.5 Å². The monoisotopic (exact) mass is 391 g/mol. The first-order chi connectivity index (χ1) is 13.9. The molecule has 0 aliphatic carbocycles. The van der Waals surface area contributed by atoms with Gasteiger partial charge < -0.3 is 14.0 Å². The van der Waals surface area contributed by atoms with Gasteiger partial charge in [-0.1, -0.05) is 30.3 Å². The van der Waals surface area contributed by atoms with Crippen molar-refractivity contribution >= 4 is 11.8 Å². The van der Waals surface area contributed by atoms with E-state index in [1.54, 1.807) is 38.3 Å². The smallest absolute Gasteiger partial charge is 0.338 e. The topological polar surface area (TPSA) is 57.5 Å². The van der Waals surface area contributed by atoms with Gasteiger partial charge in [-0.15, -0.1) is 0 Å². The van der Waals surface area contributed by atoms with Crippen molar-refractivity contribution in [2.75, 3.05) is 7.11 Å². The number of aryl methyl sites for hydroxylation is 1. The number of carbonyl (C=O) groups is 2. The van der Waals surface area contributed by atoms with Crippen LogP contribution in [-0.4, -0.2) is 29.5 Å². The normalized spacial score (nSPS) is 11.9. The summed E-state index contributed by atoms with van der Waals surface area (Å²) >= 11 is 0. The first kappa shape index (κ1) is 20.6. The Bertz CT molecular complexity index is 1000. The summed E-state index contributed by atoms with van der Waals surface area (Å²) in [7, 11) is 1.62. The number of ketones is 1. The van der Waals surface area contributed by atoms with Crippen molar-refractivity contribution in [1.82, 2.24) is 4.57 Å². The zero-order valence-corrected chi connectivity index (χ0v) is 17.1. The Morgan fingerprint density at radius 3 is 2.28 bits per heavy atom. The van der Waals surface area contributed by atoms with Crippen LogP contribution in [-0.2, 0) is 16.1 Å². The number of carbonyl (C=O) groups excluding carboxylic acids is 2. The Morgan fingerprint density at radius 1 is 1.00 bits per heavy atom.